The molecular formula is C20H43ClN2O3. The second-order valence-corrected chi connectivity index (χ2v) is 7.20. The summed E-state index contributed by atoms with van der Waals surface area (Å²) in [6.07, 6.45) is 11.7. The lowest BCUT2D eigenvalue weighted by atomic mass is 10.1. The van der Waals surface area contributed by atoms with Crippen molar-refractivity contribution in [3.8, 4) is 0 Å². The Morgan fingerprint density at radius 2 is 1.23 bits per heavy atom. The van der Waals surface area contributed by atoms with Gasteiger partial charge in [0.05, 0.1) is 6.10 Å². The fourth-order valence-electron chi connectivity index (χ4n) is 2.60. The van der Waals surface area contributed by atoms with Gasteiger partial charge in [0, 0.05) is 32.3 Å². The molecule has 5 nitrogen and oxygen atoms in total. The summed E-state index contributed by atoms with van der Waals surface area (Å²) in [4.78, 5) is 0. The third kappa shape index (κ3) is 22.1. The second-order valence-electron chi connectivity index (χ2n) is 6.90. The molecule has 0 saturated carbocycles. The Balaban J connectivity index is 2.99. The van der Waals surface area contributed by atoms with Gasteiger partial charge in [0.2, 0.25) is 0 Å². The lowest BCUT2D eigenvalue weighted by molar-refractivity contribution is 0.125. The van der Waals surface area contributed by atoms with Crippen molar-refractivity contribution in [1.82, 2.24) is 5.32 Å². The Labute approximate surface area is 166 Å². The summed E-state index contributed by atoms with van der Waals surface area (Å²) in [6.45, 7) is 6.35. The van der Waals surface area contributed by atoms with Crippen molar-refractivity contribution in [2.75, 3.05) is 51.9 Å². The summed E-state index contributed by atoms with van der Waals surface area (Å²) in [5.41, 5.74) is 5.44. The normalized spacial score (nSPS) is 12.6. The van der Waals surface area contributed by atoms with Crippen molar-refractivity contribution >= 4 is 11.6 Å². The zero-order chi connectivity index (χ0) is 19.1. The topological polar surface area (TPSA) is 76.7 Å². The van der Waals surface area contributed by atoms with Crippen molar-refractivity contribution in [1.29, 1.82) is 0 Å². The van der Waals surface area contributed by atoms with E-state index < -0.39 is 0 Å². The minimum absolute atomic E-state index is 0.332. The molecule has 1 atom stereocenters. The van der Waals surface area contributed by atoms with Crippen LogP contribution in [0.2, 0.25) is 0 Å². The molecule has 0 aliphatic heterocycles. The van der Waals surface area contributed by atoms with Crippen LogP contribution in [0.5, 0.6) is 0 Å². The monoisotopic (exact) mass is 394 g/mol. The quantitative estimate of drug-likeness (QED) is 0.193. The highest BCUT2D eigenvalue weighted by Crippen LogP contribution is 2.07. The van der Waals surface area contributed by atoms with Gasteiger partial charge in [-0.1, -0.05) is 19.3 Å². The Morgan fingerprint density at radius 1 is 0.731 bits per heavy atom. The van der Waals surface area contributed by atoms with E-state index in [1.54, 1.807) is 0 Å². The predicted octanol–water partition coefficient (Wildman–Crippen LogP) is 3.46. The van der Waals surface area contributed by atoms with Crippen LogP contribution in [0, 0.1) is 0 Å². The van der Waals surface area contributed by atoms with E-state index in [2.05, 4.69) is 5.32 Å². The molecule has 0 spiro atoms. The van der Waals surface area contributed by atoms with Crippen molar-refractivity contribution in [2.45, 2.75) is 76.7 Å². The molecule has 0 saturated heterocycles. The van der Waals surface area contributed by atoms with Gasteiger partial charge in [0.1, 0.15) is 0 Å². The van der Waals surface area contributed by atoms with Crippen LogP contribution >= 0.6 is 11.6 Å². The molecule has 0 aliphatic rings. The molecule has 0 fully saturated rings. The Morgan fingerprint density at radius 3 is 1.77 bits per heavy atom. The van der Waals surface area contributed by atoms with Crippen LogP contribution in [0.3, 0.4) is 0 Å². The van der Waals surface area contributed by atoms with Gasteiger partial charge in [-0.3, -0.25) is 0 Å². The van der Waals surface area contributed by atoms with Crippen molar-refractivity contribution in [3.63, 3.8) is 0 Å². The van der Waals surface area contributed by atoms with E-state index in [4.69, 9.17) is 26.8 Å². The molecule has 0 rings (SSSR count). The van der Waals surface area contributed by atoms with E-state index in [1.807, 2.05) is 0 Å². The SMILES string of the molecule is NCCCCOCCCCNCCCCOCCCCCCC(O)CCl. The Kier molecular flexibility index (Phi) is 23.2. The standard InChI is InChI=1S/C20H43ClN2O3/c21-19-20(24)11-3-1-2-7-15-25-17-9-5-13-23-14-6-10-18-26-16-8-4-12-22/h20,23-24H,1-19,22H2. The number of rotatable bonds is 22. The number of hydrogen-bond acceptors (Lipinski definition) is 5. The molecule has 0 radical (unpaired) electrons. The van der Waals surface area contributed by atoms with E-state index in [1.165, 1.54) is 19.3 Å². The lowest BCUT2D eigenvalue weighted by Crippen LogP contribution is -2.17. The summed E-state index contributed by atoms with van der Waals surface area (Å²) < 4.78 is 11.2. The summed E-state index contributed by atoms with van der Waals surface area (Å²) in [7, 11) is 0. The van der Waals surface area contributed by atoms with Crippen molar-refractivity contribution in [2.24, 2.45) is 5.73 Å². The first kappa shape index (κ1) is 26.1. The van der Waals surface area contributed by atoms with Gasteiger partial charge < -0.3 is 25.6 Å². The van der Waals surface area contributed by atoms with Crippen LogP contribution in [0.1, 0.15) is 70.6 Å². The number of nitrogens with two attached hydrogens (primary N) is 1. The molecule has 6 heteroatoms. The number of aliphatic hydroxyl groups excluding tert-OH is 1. The fraction of sp³-hybridized carbons (Fsp3) is 1.00. The maximum absolute atomic E-state index is 9.34. The van der Waals surface area contributed by atoms with Gasteiger partial charge in [0.25, 0.3) is 0 Å². The van der Waals surface area contributed by atoms with Crippen LogP contribution < -0.4 is 11.1 Å². The predicted molar refractivity (Wildman–Crippen MR) is 111 cm³/mol. The van der Waals surface area contributed by atoms with Crippen LogP contribution in [0.25, 0.3) is 0 Å². The van der Waals surface area contributed by atoms with Gasteiger partial charge in [0.15, 0.2) is 0 Å². The van der Waals surface area contributed by atoms with E-state index in [-0.39, 0.29) is 6.10 Å². The highest BCUT2D eigenvalue weighted by Gasteiger charge is 2.00. The van der Waals surface area contributed by atoms with Gasteiger partial charge in [-0.2, -0.15) is 0 Å². The molecule has 0 heterocycles. The Hall–Kier alpha value is 0.0900. The molecule has 0 amide bonds. The van der Waals surface area contributed by atoms with Gasteiger partial charge in [-0.25, -0.2) is 0 Å². The minimum atomic E-state index is -0.332. The lowest BCUT2D eigenvalue weighted by Gasteiger charge is -2.07. The van der Waals surface area contributed by atoms with Crippen molar-refractivity contribution in [3.05, 3.63) is 0 Å². The zero-order valence-corrected chi connectivity index (χ0v) is 17.5. The van der Waals surface area contributed by atoms with Gasteiger partial charge in [-0.05, 0) is 71.0 Å². The second kappa shape index (κ2) is 23.1. The molecule has 0 aromatic heterocycles. The molecule has 1 unspecified atom stereocenters. The van der Waals surface area contributed by atoms with E-state index in [0.717, 1.165) is 97.4 Å². The zero-order valence-electron chi connectivity index (χ0n) is 16.7. The first-order chi connectivity index (χ1) is 12.8. The van der Waals surface area contributed by atoms with Crippen LogP contribution in [-0.4, -0.2) is 63.2 Å². The first-order valence-electron chi connectivity index (χ1n) is 10.6. The molecule has 26 heavy (non-hydrogen) atoms. The number of hydrogen-bond donors (Lipinski definition) is 3. The smallest absolute Gasteiger partial charge is 0.0675 e. The molecule has 0 bridgehead atoms. The fourth-order valence-corrected chi connectivity index (χ4v) is 2.75. The van der Waals surface area contributed by atoms with Crippen LogP contribution in [0.15, 0.2) is 0 Å². The number of ether oxygens (including phenoxy) is 2. The van der Waals surface area contributed by atoms with Gasteiger partial charge in [-0.15, -0.1) is 11.6 Å². The number of aliphatic hydroxyl groups is 1. The average Bonchev–Trinajstić information content (AvgIpc) is 2.66. The maximum atomic E-state index is 9.34. The van der Waals surface area contributed by atoms with Gasteiger partial charge >= 0.3 is 0 Å². The number of unbranched alkanes of at least 4 members (excludes halogenated alkanes) is 6. The average molecular weight is 395 g/mol. The number of halogens is 1. The first-order valence-corrected chi connectivity index (χ1v) is 11.1. The molecule has 158 valence electrons. The molecule has 4 N–H and O–H groups in total. The Bertz CT molecular complexity index is 261. The maximum Gasteiger partial charge on any atom is 0.0675 e. The summed E-state index contributed by atoms with van der Waals surface area (Å²) >= 11 is 5.56. The molecular weight excluding hydrogens is 352 g/mol. The highest BCUT2D eigenvalue weighted by molar-refractivity contribution is 6.18. The summed E-state index contributed by atoms with van der Waals surface area (Å²) in [5.74, 6) is 0.349. The van der Waals surface area contributed by atoms with E-state index >= 15 is 0 Å². The highest BCUT2D eigenvalue weighted by atomic mass is 35.5. The molecule has 0 aliphatic carbocycles. The van der Waals surface area contributed by atoms with Crippen LogP contribution in [-0.2, 0) is 9.47 Å². The number of alkyl halides is 1. The summed E-state index contributed by atoms with van der Waals surface area (Å²) in [5, 5.41) is 12.8. The summed E-state index contributed by atoms with van der Waals surface area (Å²) in [6, 6.07) is 0. The molecule has 0 aromatic carbocycles. The van der Waals surface area contributed by atoms with E-state index in [0.29, 0.717) is 5.88 Å². The van der Waals surface area contributed by atoms with Crippen molar-refractivity contribution < 1.29 is 14.6 Å². The largest absolute Gasteiger partial charge is 0.392 e. The number of nitrogens with one attached hydrogen (secondary N) is 1. The minimum Gasteiger partial charge on any atom is -0.392 e. The molecule has 0 aromatic rings. The third-order valence-corrected chi connectivity index (χ3v) is 4.64. The van der Waals surface area contributed by atoms with Crippen LogP contribution in [0.4, 0.5) is 0 Å². The van der Waals surface area contributed by atoms with E-state index in [9.17, 15) is 5.11 Å². The third-order valence-electron chi connectivity index (χ3n) is 4.28.